The number of nitrogens with two attached hydrogens (primary N) is 2. The average Bonchev–Trinajstić information content (AvgIpc) is 2.28. The van der Waals surface area contributed by atoms with Gasteiger partial charge in [-0.1, -0.05) is 0 Å². The molecule has 2 aromatic heterocycles. The van der Waals surface area contributed by atoms with Gasteiger partial charge in [0.05, 0.1) is 12.8 Å². The van der Waals surface area contributed by atoms with Gasteiger partial charge in [0.1, 0.15) is 5.82 Å². The zero-order chi connectivity index (χ0) is 11.5. The van der Waals surface area contributed by atoms with Gasteiger partial charge in [0.15, 0.2) is 0 Å². The van der Waals surface area contributed by atoms with E-state index in [0.29, 0.717) is 17.4 Å². The standard InChI is InChI=1S/C10H11N5O/c1-16-9-3-2-6(5-13-9)7-4-8(11)15-10(12)14-7/h2-5H,1H3,(H4,11,12,14,15). The summed E-state index contributed by atoms with van der Waals surface area (Å²) in [4.78, 5) is 11.9. The second kappa shape index (κ2) is 4.01. The van der Waals surface area contributed by atoms with Crippen LogP contribution in [0.4, 0.5) is 11.8 Å². The summed E-state index contributed by atoms with van der Waals surface area (Å²) >= 11 is 0. The Morgan fingerprint density at radius 1 is 1.19 bits per heavy atom. The van der Waals surface area contributed by atoms with Crippen molar-refractivity contribution < 1.29 is 4.74 Å². The zero-order valence-electron chi connectivity index (χ0n) is 8.71. The molecule has 0 unspecified atom stereocenters. The topological polar surface area (TPSA) is 99.9 Å². The van der Waals surface area contributed by atoms with Crippen LogP contribution in [0.3, 0.4) is 0 Å². The Labute approximate surface area is 92.3 Å². The van der Waals surface area contributed by atoms with Gasteiger partial charge in [0.2, 0.25) is 11.8 Å². The molecule has 4 N–H and O–H groups in total. The quantitative estimate of drug-likeness (QED) is 0.768. The number of nitrogens with zero attached hydrogens (tertiary/aromatic N) is 3. The van der Waals surface area contributed by atoms with Gasteiger partial charge in [0, 0.05) is 23.9 Å². The number of rotatable bonds is 2. The van der Waals surface area contributed by atoms with Crippen LogP contribution in [0.2, 0.25) is 0 Å². The van der Waals surface area contributed by atoms with Crippen LogP contribution in [0.1, 0.15) is 0 Å². The maximum absolute atomic E-state index is 5.58. The van der Waals surface area contributed by atoms with Crippen molar-refractivity contribution in [1.29, 1.82) is 0 Å². The van der Waals surface area contributed by atoms with E-state index in [-0.39, 0.29) is 5.95 Å². The van der Waals surface area contributed by atoms with E-state index < -0.39 is 0 Å². The van der Waals surface area contributed by atoms with Crippen molar-refractivity contribution in [2.75, 3.05) is 18.6 Å². The smallest absolute Gasteiger partial charge is 0.222 e. The number of anilines is 2. The van der Waals surface area contributed by atoms with Crippen molar-refractivity contribution in [3.63, 3.8) is 0 Å². The van der Waals surface area contributed by atoms with E-state index in [9.17, 15) is 0 Å². The lowest BCUT2D eigenvalue weighted by atomic mass is 10.2. The van der Waals surface area contributed by atoms with Gasteiger partial charge in [-0.05, 0) is 6.07 Å². The molecule has 0 aliphatic rings. The van der Waals surface area contributed by atoms with Crippen LogP contribution in [-0.4, -0.2) is 22.1 Å². The van der Waals surface area contributed by atoms with Crippen LogP contribution in [0.15, 0.2) is 24.4 Å². The van der Waals surface area contributed by atoms with Crippen molar-refractivity contribution in [2.45, 2.75) is 0 Å². The Bertz CT molecular complexity index is 477. The van der Waals surface area contributed by atoms with Gasteiger partial charge in [-0.3, -0.25) is 0 Å². The summed E-state index contributed by atoms with van der Waals surface area (Å²) in [5.74, 6) is 1.02. The molecule has 0 spiro atoms. The summed E-state index contributed by atoms with van der Waals surface area (Å²) in [6.45, 7) is 0. The lowest BCUT2D eigenvalue weighted by Gasteiger charge is -2.03. The van der Waals surface area contributed by atoms with Crippen molar-refractivity contribution in [3.8, 4) is 17.1 Å². The maximum Gasteiger partial charge on any atom is 0.222 e. The lowest BCUT2D eigenvalue weighted by molar-refractivity contribution is 0.398. The first-order chi connectivity index (χ1) is 7.69. The Kier molecular flexibility index (Phi) is 2.55. The maximum atomic E-state index is 5.58. The molecule has 2 aromatic rings. The number of hydrogen-bond acceptors (Lipinski definition) is 6. The van der Waals surface area contributed by atoms with Crippen LogP contribution < -0.4 is 16.2 Å². The van der Waals surface area contributed by atoms with E-state index in [1.165, 1.54) is 0 Å². The summed E-state index contributed by atoms with van der Waals surface area (Å²) in [6, 6.07) is 5.21. The monoisotopic (exact) mass is 217 g/mol. The highest BCUT2D eigenvalue weighted by Crippen LogP contribution is 2.20. The Hall–Kier alpha value is -2.37. The molecular formula is C10H11N5O. The molecule has 0 aliphatic heterocycles. The van der Waals surface area contributed by atoms with Crippen LogP contribution in [0, 0.1) is 0 Å². The van der Waals surface area contributed by atoms with Gasteiger partial charge in [-0.15, -0.1) is 0 Å². The second-order valence-corrected chi connectivity index (χ2v) is 3.13. The Morgan fingerprint density at radius 2 is 2.00 bits per heavy atom. The van der Waals surface area contributed by atoms with Crippen molar-refractivity contribution in [3.05, 3.63) is 24.4 Å². The molecule has 6 heteroatoms. The fourth-order valence-corrected chi connectivity index (χ4v) is 1.29. The fraction of sp³-hybridized carbons (Fsp3) is 0.100. The minimum atomic E-state index is 0.144. The first-order valence-corrected chi connectivity index (χ1v) is 4.59. The molecule has 2 rings (SSSR count). The van der Waals surface area contributed by atoms with Crippen LogP contribution in [-0.2, 0) is 0 Å². The number of hydrogen-bond donors (Lipinski definition) is 2. The first-order valence-electron chi connectivity index (χ1n) is 4.59. The predicted molar refractivity (Wildman–Crippen MR) is 60.6 cm³/mol. The van der Waals surface area contributed by atoms with Gasteiger partial charge >= 0.3 is 0 Å². The summed E-state index contributed by atoms with van der Waals surface area (Å²) in [7, 11) is 1.56. The lowest BCUT2D eigenvalue weighted by Crippen LogP contribution is -2.00. The molecule has 0 aromatic carbocycles. The molecule has 0 saturated heterocycles. The molecule has 16 heavy (non-hydrogen) atoms. The van der Waals surface area contributed by atoms with Crippen LogP contribution >= 0.6 is 0 Å². The highest BCUT2D eigenvalue weighted by molar-refractivity contribution is 5.62. The summed E-state index contributed by atoms with van der Waals surface area (Å²) in [5.41, 5.74) is 12.5. The molecule has 0 saturated carbocycles. The van der Waals surface area contributed by atoms with Gasteiger partial charge in [-0.25, -0.2) is 9.97 Å². The van der Waals surface area contributed by atoms with E-state index in [0.717, 1.165) is 5.56 Å². The normalized spacial score (nSPS) is 10.1. The van der Waals surface area contributed by atoms with Crippen molar-refractivity contribution in [2.24, 2.45) is 0 Å². The Balaban J connectivity index is 2.42. The summed E-state index contributed by atoms with van der Waals surface area (Å²) in [5, 5.41) is 0. The minimum Gasteiger partial charge on any atom is -0.481 e. The number of pyridine rings is 1. The number of methoxy groups -OCH3 is 1. The van der Waals surface area contributed by atoms with Crippen molar-refractivity contribution in [1.82, 2.24) is 15.0 Å². The van der Waals surface area contributed by atoms with E-state index in [1.54, 1.807) is 25.4 Å². The molecule has 2 heterocycles. The molecule has 6 nitrogen and oxygen atoms in total. The van der Waals surface area contributed by atoms with Gasteiger partial charge < -0.3 is 16.2 Å². The minimum absolute atomic E-state index is 0.144. The van der Waals surface area contributed by atoms with Gasteiger partial charge in [0.25, 0.3) is 0 Å². The van der Waals surface area contributed by atoms with E-state index in [2.05, 4.69) is 15.0 Å². The summed E-state index contributed by atoms with van der Waals surface area (Å²) < 4.78 is 4.96. The molecule has 0 radical (unpaired) electrons. The van der Waals surface area contributed by atoms with E-state index in [4.69, 9.17) is 16.2 Å². The third-order valence-electron chi connectivity index (χ3n) is 2.00. The number of ether oxygens (including phenoxy) is 1. The molecule has 0 aliphatic carbocycles. The van der Waals surface area contributed by atoms with E-state index in [1.807, 2.05) is 6.07 Å². The fourth-order valence-electron chi connectivity index (χ4n) is 1.29. The highest BCUT2D eigenvalue weighted by atomic mass is 16.5. The first kappa shape index (κ1) is 10.2. The van der Waals surface area contributed by atoms with Crippen LogP contribution in [0.25, 0.3) is 11.3 Å². The SMILES string of the molecule is COc1ccc(-c2cc(N)nc(N)n2)cn1. The molecule has 0 bridgehead atoms. The zero-order valence-corrected chi connectivity index (χ0v) is 8.71. The second-order valence-electron chi connectivity index (χ2n) is 3.13. The summed E-state index contributed by atoms with van der Waals surface area (Å²) in [6.07, 6.45) is 1.64. The highest BCUT2D eigenvalue weighted by Gasteiger charge is 2.03. The number of aromatic nitrogens is 3. The predicted octanol–water partition coefficient (Wildman–Crippen LogP) is 0.712. The Morgan fingerprint density at radius 3 is 2.56 bits per heavy atom. The third-order valence-corrected chi connectivity index (χ3v) is 2.00. The van der Waals surface area contributed by atoms with Crippen LogP contribution in [0.5, 0.6) is 5.88 Å². The molecule has 0 atom stereocenters. The molecule has 0 fully saturated rings. The number of nitrogen functional groups attached to an aromatic ring is 2. The molecular weight excluding hydrogens is 206 g/mol. The molecule has 82 valence electrons. The average molecular weight is 217 g/mol. The van der Waals surface area contributed by atoms with Gasteiger partial charge in [-0.2, -0.15) is 4.98 Å². The third kappa shape index (κ3) is 2.00. The van der Waals surface area contributed by atoms with E-state index >= 15 is 0 Å². The molecule has 0 amide bonds. The van der Waals surface area contributed by atoms with Crippen molar-refractivity contribution >= 4 is 11.8 Å². The largest absolute Gasteiger partial charge is 0.481 e.